The number of H-pyrrole nitrogens is 1. The Kier molecular flexibility index (Phi) is 26.1. The van der Waals surface area contributed by atoms with Crippen LogP contribution in [0.5, 0.6) is 11.8 Å². The quantitative estimate of drug-likeness (QED) is 0.0613. The van der Waals surface area contributed by atoms with Gasteiger partial charge in [0, 0.05) is 56.3 Å². The third-order valence-electron chi connectivity index (χ3n) is 10.7. The van der Waals surface area contributed by atoms with Gasteiger partial charge in [-0.05, 0) is 78.4 Å². The predicted molar refractivity (Wildman–Crippen MR) is 264 cm³/mol. The molecule has 21 heteroatoms. The largest absolute Gasteiger partial charge is 1.00 e. The maximum atomic E-state index is 14.6. The predicted octanol–water partition coefficient (Wildman–Crippen LogP) is 5.27. The minimum absolute atomic E-state index is 0. The number of nitrogens with zero attached hydrogens (tertiary/aromatic N) is 3. The molecule has 0 spiro atoms. The Hall–Kier alpha value is -4.32. The van der Waals surface area contributed by atoms with Crippen LogP contribution in [0.1, 0.15) is 41.0 Å². The number of pyridine rings is 2. The van der Waals surface area contributed by atoms with Gasteiger partial charge in [0.05, 0.1) is 69.3 Å². The molecule has 0 amide bonds. The Morgan fingerprint density at radius 2 is 1.22 bits per heavy atom. The van der Waals surface area contributed by atoms with E-state index in [-0.39, 0.29) is 182 Å². The Labute approximate surface area is 544 Å². The summed E-state index contributed by atoms with van der Waals surface area (Å²) in [5.41, 5.74) is 7.06. The summed E-state index contributed by atoms with van der Waals surface area (Å²) in [5.74, 6) is -0.748. The van der Waals surface area contributed by atoms with E-state index in [0.717, 1.165) is 21.7 Å². The Morgan fingerprint density at radius 3 is 1.71 bits per heavy atom. The molecule has 6 aromatic heterocycles. The number of esters is 2. The van der Waals surface area contributed by atoms with E-state index in [4.69, 9.17) is 37.8 Å². The Bertz CT molecular complexity index is 3440. The molecule has 6 heterocycles. The van der Waals surface area contributed by atoms with E-state index in [0.29, 0.717) is 78.2 Å². The maximum Gasteiger partial charge on any atom is 1.00 e. The smallest absolute Gasteiger partial charge is 1.00 e. The van der Waals surface area contributed by atoms with Gasteiger partial charge in [-0.2, -0.15) is 0 Å². The summed E-state index contributed by atoms with van der Waals surface area (Å²) in [5, 5.41) is 12.3. The number of carbonyl (C=O) groups is 3. The molecular weight excluding hydrogens is 1260 g/mol. The topological polar surface area (TPSA) is 193 Å². The van der Waals surface area contributed by atoms with Crippen molar-refractivity contribution < 1.29 is 205 Å². The van der Waals surface area contributed by atoms with Crippen LogP contribution >= 0.6 is 15.9 Å². The molecule has 0 saturated heterocycles. The monoisotopic (exact) mass is 1300 g/mol. The zero-order valence-corrected chi connectivity index (χ0v) is 53.7. The maximum absolute atomic E-state index is 14.6. The summed E-state index contributed by atoms with van der Waals surface area (Å²) in [6, 6.07) is 31.8. The van der Waals surface area contributed by atoms with Crippen molar-refractivity contribution in [2.45, 2.75) is 19.3 Å². The van der Waals surface area contributed by atoms with Crippen LogP contribution in [0.2, 0.25) is 0 Å². The summed E-state index contributed by atoms with van der Waals surface area (Å²) in [4.78, 5) is 48.3. The molecule has 4 aromatic carbocycles. The number of hydrogen-bond donors (Lipinski definition) is 1. The summed E-state index contributed by atoms with van der Waals surface area (Å²) in [7, 11) is 5.73. The number of nitrogens with one attached hydrogen (secondary N) is 1. The number of hydrogen-bond acceptors (Lipinski definition) is 13. The molecule has 0 atom stereocenters. The van der Waals surface area contributed by atoms with E-state index in [2.05, 4.69) is 35.8 Å². The van der Waals surface area contributed by atoms with Gasteiger partial charge in [0.1, 0.15) is 34.2 Å². The zero-order valence-electron chi connectivity index (χ0n) is 40.6. The first-order valence-electron chi connectivity index (χ1n) is 20.6. The van der Waals surface area contributed by atoms with Gasteiger partial charge < -0.3 is 48.9 Å². The fourth-order valence-electron chi connectivity index (χ4n) is 7.72. The van der Waals surface area contributed by atoms with E-state index >= 15 is 0 Å². The number of furan rings is 2. The van der Waals surface area contributed by atoms with Crippen LogP contribution in [-0.4, -0.2) is 66.4 Å². The van der Waals surface area contributed by atoms with Crippen LogP contribution in [0.3, 0.4) is 0 Å². The second-order valence-electron chi connectivity index (χ2n) is 14.4. The van der Waals surface area contributed by atoms with Crippen LogP contribution in [0.25, 0.3) is 66.0 Å². The SMILES string of the molecule is C.COC(=O)c1[nH]c2ccc3ccoc3c2c1-c1cccnc1OC.COC(=O)c1c(-c2cccnc2OC)c2c3occc3ccc2n1Cc1ccccc1F.F.Fc1ccccc1CBr.O=CO[O-].[Cs+].[Cs+].[H-]. The molecule has 370 valence electrons. The number of benzene rings is 4. The summed E-state index contributed by atoms with van der Waals surface area (Å²) < 4.78 is 61.3. The standard InChI is InChI=1S/C25H19FN2O4.C18H14N2O4.C7H6BrF.CH2O3.CH4.2Cs.FH.H/c1-30-24-17(7-5-12-27-24)20-21-19(10-9-15-11-13-32-23(15)21)28(22(20)25(29)31-2)14-16-6-3-4-8-18(16)26;1-22-17-11(4-3-8-19-17)13-14-12(20-15(13)18(21)23-2)6-5-10-7-9-24-16(10)14;8-5-6-3-1-2-4-7(6)9;2-1-4-3;;;;;/h3-13H,14H2,1-2H3;3-9,20H,1-2H3;1-4H,5H2;1,3H;1H4;;;1H;/q;;;;;2*+1;;-1/p-1. The summed E-state index contributed by atoms with van der Waals surface area (Å²) >= 11 is 3.17. The summed E-state index contributed by atoms with van der Waals surface area (Å²) in [6.07, 6.45) is 6.47. The minimum atomic E-state index is -0.557. The van der Waals surface area contributed by atoms with Gasteiger partial charge in [-0.3, -0.25) is 9.50 Å². The van der Waals surface area contributed by atoms with Crippen molar-refractivity contribution in [3.63, 3.8) is 0 Å². The van der Waals surface area contributed by atoms with Gasteiger partial charge in [-0.15, -0.1) is 0 Å². The van der Waals surface area contributed by atoms with Gasteiger partial charge >= 0.3 is 150 Å². The molecule has 1 N–H and O–H groups in total. The fourth-order valence-corrected chi connectivity index (χ4v) is 8.18. The molecule has 0 unspecified atom stereocenters. The number of ether oxygens (including phenoxy) is 4. The third kappa shape index (κ3) is 13.9. The van der Waals surface area contributed by atoms with Crippen molar-refractivity contribution in [3.05, 3.63) is 168 Å². The average molecular weight is 1310 g/mol. The minimum Gasteiger partial charge on any atom is -1.00 e. The van der Waals surface area contributed by atoms with Crippen LogP contribution in [0.15, 0.2) is 143 Å². The molecule has 73 heavy (non-hydrogen) atoms. The number of carbonyl (C=O) groups excluding carboxylic acids is 3. The van der Waals surface area contributed by atoms with Gasteiger partial charge in [0.2, 0.25) is 11.8 Å². The van der Waals surface area contributed by atoms with Crippen molar-refractivity contribution in [2.24, 2.45) is 0 Å². The molecular formula is C52H46BrCs2F3N4O11. The van der Waals surface area contributed by atoms with Crippen molar-refractivity contribution in [3.8, 4) is 34.0 Å². The Morgan fingerprint density at radius 1 is 0.712 bits per heavy atom. The number of methoxy groups -OCH3 is 4. The normalized spacial score (nSPS) is 10.0. The number of alkyl halides is 1. The van der Waals surface area contributed by atoms with E-state index in [9.17, 15) is 18.4 Å². The Balaban J connectivity index is 0.000000395. The van der Waals surface area contributed by atoms with Crippen molar-refractivity contribution >= 4 is 78.1 Å². The van der Waals surface area contributed by atoms with E-state index in [1.165, 1.54) is 33.5 Å². The first kappa shape index (κ1) is 63.0. The van der Waals surface area contributed by atoms with Crippen LogP contribution < -0.4 is 153 Å². The van der Waals surface area contributed by atoms with Crippen LogP contribution in [-0.2, 0) is 31.0 Å². The fraction of sp³-hybridized carbons (Fsp3) is 0.135. The van der Waals surface area contributed by atoms with E-state index in [1.807, 2.05) is 54.6 Å². The number of halogens is 4. The first-order valence-corrected chi connectivity index (χ1v) is 21.7. The molecule has 15 nitrogen and oxygen atoms in total. The van der Waals surface area contributed by atoms with Crippen molar-refractivity contribution in [1.29, 1.82) is 0 Å². The zero-order chi connectivity index (χ0) is 49.0. The van der Waals surface area contributed by atoms with E-state index < -0.39 is 11.9 Å². The second-order valence-corrected chi connectivity index (χ2v) is 15.0. The van der Waals surface area contributed by atoms with E-state index in [1.54, 1.807) is 79.1 Å². The van der Waals surface area contributed by atoms with Crippen molar-refractivity contribution in [1.82, 2.24) is 19.5 Å². The van der Waals surface area contributed by atoms with Gasteiger partial charge in [0.15, 0.2) is 0 Å². The third-order valence-corrected chi connectivity index (χ3v) is 11.3. The molecule has 0 saturated carbocycles. The molecule has 0 fully saturated rings. The second kappa shape index (κ2) is 30.3. The molecule has 0 aliphatic rings. The molecule has 0 bridgehead atoms. The molecule has 0 aliphatic carbocycles. The van der Waals surface area contributed by atoms with Gasteiger partial charge in [-0.25, -0.2) is 28.3 Å². The number of rotatable bonds is 10. The molecule has 10 aromatic rings. The summed E-state index contributed by atoms with van der Waals surface area (Å²) in [6.45, 7) is -0.0532. The molecule has 10 rings (SSSR count). The van der Waals surface area contributed by atoms with Gasteiger partial charge in [-0.1, -0.05) is 59.8 Å². The number of aromatic amines is 1. The van der Waals surface area contributed by atoms with Crippen LogP contribution in [0, 0.1) is 11.6 Å². The van der Waals surface area contributed by atoms with Crippen LogP contribution in [0.4, 0.5) is 13.5 Å². The van der Waals surface area contributed by atoms with Crippen molar-refractivity contribution in [2.75, 3.05) is 28.4 Å². The first-order chi connectivity index (χ1) is 33.6. The molecule has 0 aliphatic heterocycles. The number of aromatic nitrogens is 4. The molecule has 0 radical (unpaired) electrons. The average Bonchev–Trinajstić information content (AvgIpc) is 4.21. The van der Waals surface area contributed by atoms with Gasteiger partial charge in [0.25, 0.3) is 6.47 Å². The number of fused-ring (bicyclic) bond motifs is 6.